The Morgan fingerprint density at radius 1 is 1.24 bits per heavy atom. The lowest BCUT2D eigenvalue weighted by Gasteiger charge is -2.36. The molecular weight excluding hydrogens is 224 g/mol. The van der Waals surface area contributed by atoms with Gasteiger partial charge in [0.25, 0.3) is 0 Å². The lowest BCUT2D eigenvalue weighted by atomic mass is 9.74. The molecule has 2 heteroatoms. The Bertz CT molecular complexity index is 329. The molecule has 0 amide bonds. The smallest absolute Gasteiger partial charge is 0.137 e. The minimum absolute atomic E-state index is 0.159. The van der Waals surface area contributed by atoms with Gasteiger partial charge in [-0.15, -0.1) is 11.5 Å². The van der Waals surface area contributed by atoms with E-state index in [1.807, 2.05) is 0 Å². The highest BCUT2D eigenvalue weighted by atomic mass is 28.3. The molecule has 1 saturated carbocycles. The molecule has 0 aromatic carbocycles. The lowest BCUT2D eigenvalue weighted by Crippen LogP contribution is -2.38. The average molecular weight is 252 g/mol. The molecule has 1 fully saturated rings. The summed E-state index contributed by atoms with van der Waals surface area (Å²) in [7, 11) is -1.54. The summed E-state index contributed by atoms with van der Waals surface area (Å²) in [6, 6.07) is 0. The third-order valence-electron chi connectivity index (χ3n) is 4.69. The second-order valence-corrected chi connectivity index (χ2v) is 12.3. The van der Waals surface area contributed by atoms with Crippen molar-refractivity contribution >= 4 is 8.07 Å². The topological polar surface area (TPSA) is 20.2 Å². The van der Waals surface area contributed by atoms with Crippen LogP contribution in [0.4, 0.5) is 0 Å². The van der Waals surface area contributed by atoms with Gasteiger partial charge in [-0.25, -0.2) is 0 Å². The molecule has 1 rings (SSSR count). The fourth-order valence-corrected chi connectivity index (χ4v) is 2.92. The minimum atomic E-state index is -1.54. The van der Waals surface area contributed by atoms with Crippen molar-refractivity contribution in [1.82, 2.24) is 0 Å². The van der Waals surface area contributed by atoms with Crippen LogP contribution < -0.4 is 0 Å². The molecule has 98 valence electrons. The molecular formula is C15H28OSi. The van der Waals surface area contributed by atoms with Gasteiger partial charge in [-0.2, -0.15) is 0 Å². The molecule has 17 heavy (non-hydrogen) atoms. The quantitative estimate of drug-likeness (QED) is 0.511. The van der Waals surface area contributed by atoms with Crippen molar-refractivity contribution in [3.63, 3.8) is 0 Å². The molecule has 1 N–H and O–H groups in total. The summed E-state index contributed by atoms with van der Waals surface area (Å²) in [6.45, 7) is 13.7. The molecule has 0 unspecified atom stereocenters. The predicted octanol–water partition coefficient (Wildman–Crippen LogP) is 3.98. The Kier molecular flexibility index (Phi) is 4.16. The first-order chi connectivity index (χ1) is 7.58. The molecule has 1 nitrogen and oxygen atoms in total. The van der Waals surface area contributed by atoms with Crippen LogP contribution in [0.25, 0.3) is 0 Å². The normalized spacial score (nSPS) is 30.6. The zero-order chi connectivity index (χ0) is 13.3. The van der Waals surface area contributed by atoms with Gasteiger partial charge in [-0.1, -0.05) is 46.7 Å². The summed E-state index contributed by atoms with van der Waals surface area (Å²) in [5, 5.41) is 10.4. The largest absolute Gasteiger partial charge is 0.392 e. The van der Waals surface area contributed by atoms with Gasteiger partial charge in [0.2, 0.25) is 0 Å². The van der Waals surface area contributed by atoms with Crippen molar-refractivity contribution in [3.8, 4) is 11.5 Å². The van der Waals surface area contributed by atoms with Crippen molar-refractivity contribution in [2.45, 2.75) is 77.6 Å². The van der Waals surface area contributed by atoms with E-state index in [1.54, 1.807) is 0 Å². The third-order valence-corrected chi connectivity index (χ3v) is 9.19. The third kappa shape index (κ3) is 3.36. The first-order valence-corrected chi connectivity index (χ1v) is 9.81. The van der Waals surface area contributed by atoms with Gasteiger partial charge in [0, 0.05) is 0 Å². The van der Waals surface area contributed by atoms with Crippen molar-refractivity contribution < 1.29 is 5.11 Å². The van der Waals surface area contributed by atoms with E-state index in [1.165, 1.54) is 6.42 Å². The average Bonchev–Trinajstić information content (AvgIpc) is 2.19. The summed E-state index contributed by atoms with van der Waals surface area (Å²) in [5.74, 6) is 3.46. The fourth-order valence-electron chi connectivity index (χ4n) is 1.95. The minimum Gasteiger partial charge on any atom is -0.392 e. The maximum atomic E-state index is 10.1. The molecule has 0 aliphatic heterocycles. The van der Waals surface area contributed by atoms with Crippen LogP contribution in [-0.4, -0.2) is 19.3 Å². The van der Waals surface area contributed by atoms with E-state index in [0.29, 0.717) is 5.04 Å². The van der Waals surface area contributed by atoms with Crippen molar-refractivity contribution in [3.05, 3.63) is 0 Å². The molecule has 0 bridgehead atoms. The number of rotatable bonds is 0. The highest BCUT2D eigenvalue weighted by Gasteiger charge is 2.37. The summed E-state index contributed by atoms with van der Waals surface area (Å²) in [4.78, 5) is 0. The van der Waals surface area contributed by atoms with Crippen LogP contribution in [-0.2, 0) is 0 Å². The fraction of sp³-hybridized carbons (Fsp3) is 0.867. The van der Waals surface area contributed by atoms with Crippen LogP contribution in [0.3, 0.4) is 0 Å². The van der Waals surface area contributed by atoms with E-state index >= 15 is 0 Å². The SMILES string of the molecule is CC(C)(C)[Si](C)(C)C#C[C@@]1(C)CCCC[C@H]1O. The van der Waals surface area contributed by atoms with Crippen LogP contribution in [0, 0.1) is 16.9 Å². The summed E-state index contributed by atoms with van der Waals surface area (Å²) in [5.41, 5.74) is 3.41. The van der Waals surface area contributed by atoms with Crippen LogP contribution in [0.15, 0.2) is 0 Å². The first-order valence-electron chi connectivity index (χ1n) is 6.81. The standard InChI is InChI=1S/C15H28OSi/c1-14(2,3)17(5,6)12-11-15(4)10-8-7-9-13(15)16/h13,16H,7-10H2,1-6H3/t13-,15-/m1/s1. The first kappa shape index (κ1) is 14.8. The molecule has 0 aromatic heterocycles. The Morgan fingerprint density at radius 2 is 1.82 bits per heavy atom. The number of hydrogen-bond acceptors (Lipinski definition) is 1. The van der Waals surface area contributed by atoms with Crippen LogP contribution in [0.1, 0.15) is 53.4 Å². The van der Waals surface area contributed by atoms with E-state index in [2.05, 4.69) is 52.3 Å². The second-order valence-electron chi connectivity index (χ2n) is 7.30. The summed E-state index contributed by atoms with van der Waals surface area (Å²) < 4.78 is 0. The Balaban J connectivity index is 2.90. The Hall–Kier alpha value is -0.263. The maximum Gasteiger partial charge on any atom is 0.137 e. The maximum absolute atomic E-state index is 10.1. The van der Waals surface area contributed by atoms with Gasteiger partial charge in [0.05, 0.1) is 11.5 Å². The van der Waals surface area contributed by atoms with E-state index in [-0.39, 0.29) is 11.5 Å². The zero-order valence-corrected chi connectivity index (χ0v) is 13.4. The van der Waals surface area contributed by atoms with Crippen molar-refractivity contribution in [2.75, 3.05) is 0 Å². The van der Waals surface area contributed by atoms with E-state index in [4.69, 9.17) is 0 Å². The monoisotopic (exact) mass is 252 g/mol. The summed E-state index contributed by atoms with van der Waals surface area (Å²) in [6.07, 6.45) is 4.10. The van der Waals surface area contributed by atoms with Gasteiger partial charge < -0.3 is 5.11 Å². The molecule has 2 atom stereocenters. The van der Waals surface area contributed by atoms with Crippen LogP contribution >= 0.6 is 0 Å². The van der Waals surface area contributed by atoms with Crippen molar-refractivity contribution in [1.29, 1.82) is 0 Å². The van der Waals surface area contributed by atoms with Crippen LogP contribution in [0.5, 0.6) is 0 Å². The van der Waals surface area contributed by atoms with Gasteiger partial charge in [-0.3, -0.25) is 0 Å². The number of hydrogen-bond donors (Lipinski definition) is 1. The Morgan fingerprint density at radius 3 is 2.29 bits per heavy atom. The van der Waals surface area contributed by atoms with Gasteiger partial charge in [0.15, 0.2) is 0 Å². The molecule has 0 heterocycles. The lowest BCUT2D eigenvalue weighted by molar-refractivity contribution is 0.0390. The molecule has 1 aliphatic carbocycles. The van der Waals surface area contributed by atoms with Gasteiger partial charge in [-0.05, 0) is 24.8 Å². The predicted molar refractivity (Wildman–Crippen MR) is 77.6 cm³/mol. The van der Waals surface area contributed by atoms with Crippen molar-refractivity contribution in [2.24, 2.45) is 5.41 Å². The highest BCUT2D eigenvalue weighted by Crippen LogP contribution is 2.38. The highest BCUT2D eigenvalue weighted by molar-refractivity contribution is 6.87. The van der Waals surface area contributed by atoms with E-state index in [9.17, 15) is 5.11 Å². The van der Waals surface area contributed by atoms with E-state index in [0.717, 1.165) is 19.3 Å². The molecule has 0 saturated heterocycles. The van der Waals surface area contributed by atoms with Gasteiger partial charge >= 0.3 is 0 Å². The number of aliphatic hydroxyl groups excluding tert-OH is 1. The summed E-state index contributed by atoms with van der Waals surface area (Å²) >= 11 is 0. The molecule has 0 spiro atoms. The number of aliphatic hydroxyl groups is 1. The second kappa shape index (κ2) is 4.78. The molecule has 0 aromatic rings. The van der Waals surface area contributed by atoms with Gasteiger partial charge in [0.1, 0.15) is 8.07 Å². The van der Waals surface area contributed by atoms with Crippen LogP contribution in [0.2, 0.25) is 18.1 Å². The van der Waals surface area contributed by atoms with E-state index < -0.39 is 8.07 Å². The zero-order valence-electron chi connectivity index (χ0n) is 12.4. The Labute approximate surface area is 108 Å². The molecule has 1 aliphatic rings. The molecule has 0 radical (unpaired) electrons.